The second kappa shape index (κ2) is 6.05. The zero-order valence-corrected chi connectivity index (χ0v) is 10.2. The monoisotopic (exact) mass is 291 g/mol. The summed E-state index contributed by atoms with van der Waals surface area (Å²) < 4.78 is 93.6. The van der Waals surface area contributed by atoms with Gasteiger partial charge in [0.2, 0.25) is 0 Å². The molecule has 0 aromatic heterocycles. The van der Waals surface area contributed by atoms with Gasteiger partial charge in [0.25, 0.3) is 0 Å². The summed E-state index contributed by atoms with van der Waals surface area (Å²) in [5.41, 5.74) is 0. The van der Waals surface area contributed by atoms with Gasteiger partial charge in [0, 0.05) is 7.11 Å². The van der Waals surface area contributed by atoms with Gasteiger partial charge in [-0.15, -0.1) is 0 Å². The van der Waals surface area contributed by atoms with Crippen LogP contribution in [0, 0.1) is 0 Å². The Kier molecular flexibility index (Phi) is 6.64. The Morgan fingerprint density at radius 3 is 1.28 bits per heavy atom. The van der Waals surface area contributed by atoms with Gasteiger partial charge in [-0.25, -0.2) is 8.78 Å². The zero-order valence-electron chi connectivity index (χ0n) is 10.2. The lowest BCUT2D eigenvalue weighted by molar-refractivity contribution is -0.890. The van der Waals surface area contributed by atoms with E-state index in [4.69, 9.17) is 4.74 Å². The van der Waals surface area contributed by atoms with Crippen LogP contribution in [0.5, 0.6) is 0 Å². The summed E-state index contributed by atoms with van der Waals surface area (Å²) in [6.07, 6.45) is -6.55. The van der Waals surface area contributed by atoms with Crippen molar-refractivity contribution in [1.82, 2.24) is 0 Å². The van der Waals surface area contributed by atoms with E-state index in [1.165, 1.54) is 0 Å². The van der Waals surface area contributed by atoms with E-state index in [-0.39, 0.29) is 0 Å². The van der Waals surface area contributed by atoms with Gasteiger partial charge in [-0.3, -0.25) is 0 Å². The zero-order chi connectivity index (χ0) is 15.4. The smallest absolute Gasteiger partial charge is 0.445 e. The first-order valence-corrected chi connectivity index (χ1v) is 4.49. The minimum atomic E-state index is -7.21. The van der Waals surface area contributed by atoms with Gasteiger partial charge in [0.15, 0.2) is 6.73 Å². The number of halogens is 8. The van der Waals surface area contributed by atoms with Crippen LogP contribution in [0.1, 0.15) is 0 Å². The second-order valence-corrected chi connectivity index (χ2v) is 4.40. The molecular weight excluding hydrogens is 277 g/mol. The van der Waals surface area contributed by atoms with E-state index in [1.807, 2.05) is 0 Å². The van der Waals surface area contributed by atoms with Crippen molar-refractivity contribution >= 4 is 6.98 Å². The van der Waals surface area contributed by atoms with E-state index in [0.29, 0.717) is 0 Å². The van der Waals surface area contributed by atoms with Crippen molar-refractivity contribution in [3.8, 4) is 0 Å². The molecule has 18 heavy (non-hydrogen) atoms. The number of hydrogen-bond donors (Lipinski definition) is 0. The lowest BCUT2D eigenvalue weighted by atomic mass is 9.80. The molecule has 0 amide bonds. The molecule has 0 atom stereocenters. The lowest BCUT2D eigenvalue weighted by Gasteiger charge is -2.28. The molecule has 0 heterocycles. The van der Waals surface area contributed by atoms with Crippen LogP contribution >= 0.6 is 0 Å². The minimum absolute atomic E-state index is 0.778. The van der Waals surface area contributed by atoms with Gasteiger partial charge in [-0.05, 0) is 0 Å². The molecule has 0 saturated carbocycles. The molecule has 0 rings (SSSR count). The fourth-order valence-electron chi connectivity index (χ4n) is 0.573. The van der Waals surface area contributed by atoms with E-state index in [1.54, 1.807) is 7.11 Å². The molecule has 0 aromatic carbocycles. The van der Waals surface area contributed by atoms with Crippen molar-refractivity contribution in [2.75, 3.05) is 35.0 Å². The molecule has 11 heteroatoms. The molecule has 0 N–H and O–H groups in total. The second-order valence-electron chi connectivity index (χ2n) is 4.40. The van der Waals surface area contributed by atoms with E-state index in [2.05, 4.69) is 21.1 Å². The predicted molar refractivity (Wildman–Crippen MR) is 50.0 cm³/mol. The van der Waals surface area contributed by atoms with Crippen LogP contribution in [-0.4, -0.2) is 58.4 Å². The number of rotatable bonds is 3. The Balaban J connectivity index is 0. The topological polar surface area (TPSA) is 9.23 Å². The summed E-state index contributed by atoms with van der Waals surface area (Å²) in [4.78, 5) is 0. The van der Waals surface area contributed by atoms with Crippen LogP contribution < -0.4 is 0 Å². The molecule has 0 radical (unpaired) electrons. The first-order valence-electron chi connectivity index (χ1n) is 4.49. The summed E-state index contributed by atoms with van der Waals surface area (Å²) in [5.74, 6) is -6.56. The molecule has 0 aliphatic rings. The predicted octanol–water partition coefficient (Wildman–Crippen LogP) is 2.87. The van der Waals surface area contributed by atoms with Gasteiger partial charge >= 0.3 is 19.0 Å². The fourth-order valence-corrected chi connectivity index (χ4v) is 0.573. The van der Waals surface area contributed by atoms with Crippen LogP contribution in [0.25, 0.3) is 0 Å². The van der Waals surface area contributed by atoms with Crippen LogP contribution in [0.4, 0.5) is 34.9 Å². The van der Waals surface area contributed by atoms with E-state index in [9.17, 15) is 34.9 Å². The molecule has 0 spiro atoms. The number of ether oxygens (including phenoxy) is 1. The average Bonchev–Trinajstić information content (AvgIpc) is 1.97. The third kappa shape index (κ3) is 6.99. The van der Waals surface area contributed by atoms with Gasteiger partial charge in [-0.1, -0.05) is 0 Å². The summed E-state index contributed by atoms with van der Waals surface area (Å²) in [7, 11) is 7.97. The molecule has 0 aliphatic carbocycles. The number of methoxy groups -OCH3 is 1. The summed E-state index contributed by atoms with van der Waals surface area (Å²) >= 11 is 0. The van der Waals surface area contributed by atoms with Gasteiger partial charge < -0.3 is 22.2 Å². The number of alkyl halides is 5. The normalized spacial score (nSPS) is 14.0. The Morgan fingerprint density at radius 1 is 0.944 bits per heavy atom. The standard InChI is InChI=1S/C5H14NO.C2BF8/c1-6(2,3)5-7-4;4-1(5,2(6,7)8)3(9,10)11/h5H2,1-4H3;/q+1;-1. The first kappa shape index (κ1) is 19.8. The van der Waals surface area contributed by atoms with Gasteiger partial charge in [0.05, 0.1) is 21.1 Å². The van der Waals surface area contributed by atoms with Crippen molar-refractivity contribution in [2.45, 2.75) is 12.0 Å². The molecule has 0 bridgehead atoms. The minimum Gasteiger partial charge on any atom is -0.445 e. The molecule has 0 aromatic rings. The Labute approximate surface area is 99.1 Å². The molecule has 0 aliphatic heterocycles. The molecular formula is C7H14BF8NO. The number of hydrogen-bond acceptors (Lipinski definition) is 1. The fraction of sp³-hybridized carbons (Fsp3) is 1.00. The summed E-state index contributed by atoms with van der Waals surface area (Å²) in [5, 5.41) is 0. The highest BCUT2D eigenvalue weighted by atomic mass is 19.4. The van der Waals surface area contributed by atoms with Crippen LogP contribution in [0.3, 0.4) is 0 Å². The summed E-state index contributed by atoms with van der Waals surface area (Å²) in [6.45, 7) is -6.43. The lowest BCUT2D eigenvalue weighted by Crippen LogP contribution is -2.53. The summed E-state index contributed by atoms with van der Waals surface area (Å²) in [6, 6.07) is 0. The Bertz CT molecular complexity index is 227. The highest BCUT2D eigenvalue weighted by molar-refractivity contribution is 6.61. The average molecular weight is 291 g/mol. The maximum Gasteiger partial charge on any atom is 0.558 e. The van der Waals surface area contributed by atoms with Crippen LogP contribution in [-0.2, 0) is 4.74 Å². The molecule has 2 nitrogen and oxygen atoms in total. The Morgan fingerprint density at radius 2 is 1.28 bits per heavy atom. The molecule has 0 unspecified atom stereocenters. The van der Waals surface area contributed by atoms with E-state index < -0.39 is 19.0 Å². The van der Waals surface area contributed by atoms with Crippen molar-refractivity contribution in [3.63, 3.8) is 0 Å². The Hall–Kier alpha value is -0.575. The van der Waals surface area contributed by atoms with E-state index >= 15 is 0 Å². The van der Waals surface area contributed by atoms with Gasteiger partial charge in [0.1, 0.15) is 0 Å². The largest absolute Gasteiger partial charge is 0.558 e. The SMILES string of the molecule is COC[N+](C)(C)C.F[B-](F)(F)C(F)(F)C(F)(F)F. The highest BCUT2D eigenvalue weighted by Crippen LogP contribution is 2.43. The maximum absolute atomic E-state index is 11.2. The van der Waals surface area contributed by atoms with Gasteiger partial charge in [-0.2, -0.15) is 13.2 Å². The molecule has 0 fully saturated rings. The third-order valence-corrected chi connectivity index (χ3v) is 1.31. The third-order valence-electron chi connectivity index (χ3n) is 1.31. The van der Waals surface area contributed by atoms with Crippen LogP contribution in [0.2, 0.25) is 0 Å². The van der Waals surface area contributed by atoms with Crippen molar-refractivity contribution in [1.29, 1.82) is 0 Å². The maximum atomic E-state index is 11.2. The number of quaternary nitrogens is 1. The highest BCUT2D eigenvalue weighted by Gasteiger charge is 2.69. The first-order chi connectivity index (χ1) is 7.56. The quantitative estimate of drug-likeness (QED) is 0.336. The number of nitrogens with zero attached hydrogens (tertiary/aromatic N) is 1. The van der Waals surface area contributed by atoms with E-state index in [0.717, 1.165) is 11.2 Å². The van der Waals surface area contributed by atoms with Crippen molar-refractivity contribution in [2.24, 2.45) is 0 Å². The molecule has 112 valence electrons. The van der Waals surface area contributed by atoms with Crippen molar-refractivity contribution in [3.05, 3.63) is 0 Å². The molecule has 0 saturated heterocycles. The van der Waals surface area contributed by atoms with Crippen molar-refractivity contribution < 1.29 is 44.1 Å². The van der Waals surface area contributed by atoms with Crippen LogP contribution in [0.15, 0.2) is 0 Å².